The van der Waals surface area contributed by atoms with Gasteiger partial charge in [-0.2, -0.15) is 0 Å². The van der Waals surface area contributed by atoms with Gasteiger partial charge < -0.3 is 0 Å². The summed E-state index contributed by atoms with van der Waals surface area (Å²) < 4.78 is 0. The second-order valence-corrected chi connectivity index (χ2v) is 8.21. The molecule has 0 bridgehead atoms. The van der Waals surface area contributed by atoms with E-state index in [0.29, 0.717) is 17.1 Å². The van der Waals surface area contributed by atoms with E-state index in [4.69, 9.17) is 0 Å². The van der Waals surface area contributed by atoms with Gasteiger partial charge in [-0.15, -0.1) is 0 Å². The van der Waals surface area contributed by atoms with Crippen molar-refractivity contribution in [2.75, 3.05) is 0 Å². The Morgan fingerprint density at radius 1 is 1.09 bits per heavy atom. The van der Waals surface area contributed by atoms with E-state index in [1.807, 2.05) is 19.9 Å². The van der Waals surface area contributed by atoms with Crippen LogP contribution in [0.3, 0.4) is 0 Å². The fourth-order valence-corrected chi connectivity index (χ4v) is 5.78. The van der Waals surface area contributed by atoms with Crippen molar-refractivity contribution in [1.82, 2.24) is 0 Å². The molecule has 0 N–H and O–H groups in total. The Hall–Kier alpha value is -1.11. The Morgan fingerprint density at radius 3 is 2.57 bits per heavy atom. The van der Waals surface area contributed by atoms with Crippen molar-refractivity contribution in [3.63, 3.8) is 0 Å². The van der Waals surface area contributed by atoms with E-state index in [9.17, 15) is 4.79 Å². The fourth-order valence-electron chi connectivity index (χ4n) is 5.78. The topological polar surface area (TPSA) is 17.1 Å². The molecular formula is C22H32O. The van der Waals surface area contributed by atoms with Gasteiger partial charge in [0, 0.05) is 6.42 Å². The van der Waals surface area contributed by atoms with Crippen molar-refractivity contribution in [2.24, 2.45) is 28.6 Å². The van der Waals surface area contributed by atoms with Crippen LogP contribution in [-0.2, 0) is 4.79 Å². The van der Waals surface area contributed by atoms with Gasteiger partial charge in [0.2, 0.25) is 0 Å². The lowest BCUT2D eigenvalue weighted by molar-refractivity contribution is -0.116. The maximum atomic E-state index is 11.8. The zero-order chi connectivity index (χ0) is 16.8. The predicted octanol–water partition coefficient (Wildman–Crippen LogP) is 5.88. The minimum atomic E-state index is 0.241. The average Bonchev–Trinajstić information content (AvgIpc) is 2.86. The molecule has 0 aromatic heterocycles. The van der Waals surface area contributed by atoms with Gasteiger partial charge in [0.25, 0.3) is 0 Å². The van der Waals surface area contributed by atoms with Gasteiger partial charge in [-0.25, -0.2) is 0 Å². The summed E-state index contributed by atoms with van der Waals surface area (Å²) in [6.45, 7) is 11.2. The van der Waals surface area contributed by atoms with Crippen LogP contribution < -0.4 is 0 Å². The predicted molar refractivity (Wildman–Crippen MR) is 97.1 cm³/mol. The van der Waals surface area contributed by atoms with Crippen LogP contribution in [0.15, 0.2) is 35.5 Å². The third-order valence-electron chi connectivity index (χ3n) is 7.48. The van der Waals surface area contributed by atoms with Crippen LogP contribution in [0.4, 0.5) is 0 Å². The maximum Gasteiger partial charge on any atom is 0.156 e. The minimum absolute atomic E-state index is 0.241. The highest BCUT2D eigenvalue weighted by atomic mass is 16.1. The molecule has 23 heavy (non-hydrogen) atoms. The highest BCUT2D eigenvalue weighted by Crippen LogP contribution is 2.63. The number of fused-ring (bicyclic) bond motifs is 5. The third kappa shape index (κ3) is 2.30. The van der Waals surface area contributed by atoms with Crippen molar-refractivity contribution < 1.29 is 4.79 Å². The Balaban J connectivity index is 0.000000753. The summed E-state index contributed by atoms with van der Waals surface area (Å²) >= 11 is 0. The number of carbonyl (C=O) groups excluding carboxylic acids is 1. The summed E-state index contributed by atoms with van der Waals surface area (Å²) in [5.41, 5.74) is 3.59. The monoisotopic (exact) mass is 312 g/mol. The molecule has 5 atom stereocenters. The summed E-state index contributed by atoms with van der Waals surface area (Å²) in [7, 11) is 0. The van der Waals surface area contributed by atoms with Crippen molar-refractivity contribution in [2.45, 2.75) is 66.7 Å². The van der Waals surface area contributed by atoms with Crippen LogP contribution in [-0.4, -0.2) is 5.78 Å². The average molecular weight is 312 g/mol. The molecule has 0 heterocycles. The van der Waals surface area contributed by atoms with Gasteiger partial charge >= 0.3 is 0 Å². The Bertz CT molecular complexity index is 593. The number of rotatable bonds is 0. The molecule has 0 aliphatic heterocycles. The lowest BCUT2D eigenvalue weighted by Crippen LogP contribution is -2.48. The molecule has 126 valence electrons. The van der Waals surface area contributed by atoms with E-state index >= 15 is 0 Å². The van der Waals surface area contributed by atoms with Crippen molar-refractivity contribution in [3.05, 3.63) is 35.5 Å². The van der Waals surface area contributed by atoms with Crippen LogP contribution in [0.2, 0.25) is 0 Å². The zero-order valence-electron chi connectivity index (χ0n) is 15.5. The van der Waals surface area contributed by atoms with Crippen LogP contribution in [0, 0.1) is 28.6 Å². The highest BCUT2D eigenvalue weighted by Gasteiger charge is 2.54. The molecule has 1 fully saturated rings. The fraction of sp³-hybridized carbons (Fsp3) is 0.682. The molecule has 5 unspecified atom stereocenters. The first-order chi connectivity index (χ1) is 10.9. The molecule has 4 aliphatic rings. The molecule has 1 saturated carbocycles. The molecule has 0 radical (unpaired) electrons. The molecular weight excluding hydrogens is 280 g/mol. The largest absolute Gasteiger partial charge is 0.295 e. The summed E-state index contributed by atoms with van der Waals surface area (Å²) in [6, 6.07) is 0. The summed E-state index contributed by atoms with van der Waals surface area (Å²) in [5.74, 6) is 2.54. The van der Waals surface area contributed by atoms with Crippen molar-refractivity contribution >= 4 is 5.78 Å². The summed E-state index contributed by atoms with van der Waals surface area (Å²) in [5, 5.41) is 0. The standard InChI is InChI=1S/C20H26O.C2H6/c1-13-4-7-17-16-6-5-14-12-15(21)8-10-20(14,3)18(16)9-11-19(13,17)2;1-2/h4-6,12,16-18H,7-11H2,1-3H3;1-2H3. The summed E-state index contributed by atoms with van der Waals surface area (Å²) in [4.78, 5) is 11.8. The highest BCUT2D eigenvalue weighted by molar-refractivity contribution is 5.92. The van der Waals surface area contributed by atoms with Gasteiger partial charge in [-0.1, -0.05) is 51.5 Å². The number of hydrogen-bond donors (Lipinski definition) is 0. The molecule has 0 amide bonds. The summed E-state index contributed by atoms with van der Waals surface area (Å²) in [6.07, 6.45) is 14.8. The number of hydrogen-bond acceptors (Lipinski definition) is 1. The number of allylic oxidation sites excluding steroid dienone is 6. The smallest absolute Gasteiger partial charge is 0.156 e. The van der Waals surface area contributed by atoms with E-state index in [0.717, 1.165) is 24.7 Å². The third-order valence-corrected chi connectivity index (χ3v) is 7.48. The molecule has 0 spiro atoms. The van der Waals surface area contributed by atoms with Gasteiger partial charge in [-0.3, -0.25) is 4.79 Å². The molecule has 4 rings (SSSR count). The first kappa shape index (κ1) is 16.7. The van der Waals surface area contributed by atoms with Crippen LogP contribution in [0.5, 0.6) is 0 Å². The maximum absolute atomic E-state index is 11.8. The normalized spacial score (nSPS) is 44.2. The quantitative estimate of drug-likeness (QED) is 0.511. The molecule has 0 aromatic carbocycles. The van der Waals surface area contributed by atoms with E-state index < -0.39 is 0 Å². The SMILES string of the molecule is CC.CC1=CCC2C3C=CC4=CC(=O)CCC4(C)C3CCC12C. The lowest BCUT2D eigenvalue weighted by Gasteiger charge is -2.55. The van der Waals surface area contributed by atoms with Crippen molar-refractivity contribution in [3.8, 4) is 0 Å². The van der Waals surface area contributed by atoms with Crippen molar-refractivity contribution in [1.29, 1.82) is 0 Å². The van der Waals surface area contributed by atoms with E-state index in [1.165, 1.54) is 24.8 Å². The second kappa shape index (κ2) is 5.76. The van der Waals surface area contributed by atoms with Gasteiger partial charge in [-0.05, 0) is 72.8 Å². The lowest BCUT2D eigenvalue weighted by atomic mass is 9.49. The molecule has 1 nitrogen and oxygen atoms in total. The van der Waals surface area contributed by atoms with Crippen LogP contribution in [0.25, 0.3) is 0 Å². The number of carbonyl (C=O) groups is 1. The molecule has 0 saturated heterocycles. The zero-order valence-corrected chi connectivity index (χ0v) is 15.5. The Morgan fingerprint density at radius 2 is 1.83 bits per heavy atom. The minimum Gasteiger partial charge on any atom is -0.295 e. The van der Waals surface area contributed by atoms with Gasteiger partial charge in [0.1, 0.15) is 0 Å². The van der Waals surface area contributed by atoms with Crippen LogP contribution >= 0.6 is 0 Å². The van der Waals surface area contributed by atoms with E-state index in [-0.39, 0.29) is 5.41 Å². The number of ketones is 1. The van der Waals surface area contributed by atoms with E-state index in [2.05, 4.69) is 39.0 Å². The Labute approximate surface area is 141 Å². The molecule has 0 aromatic rings. The first-order valence-electron chi connectivity index (χ1n) is 9.55. The van der Waals surface area contributed by atoms with Gasteiger partial charge in [0.05, 0.1) is 0 Å². The molecule has 4 aliphatic carbocycles. The van der Waals surface area contributed by atoms with Gasteiger partial charge in [0.15, 0.2) is 5.78 Å². The second-order valence-electron chi connectivity index (χ2n) is 8.21. The Kier molecular flexibility index (Phi) is 4.19. The van der Waals surface area contributed by atoms with Crippen LogP contribution in [0.1, 0.15) is 66.7 Å². The van der Waals surface area contributed by atoms with E-state index in [1.54, 1.807) is 5.57 Å². The molecule has 1 heteroatoms. The first-order valence-corrected chi connectivity index (χ1v) is 9.55.